The van der Waals surface area contributed by atoms with Crippen LogP contribution in [0, 0.1) is 0 Å². The summed E-state index contributed by atoms with van der Waals surface area (Å²) in [7, 11) is -3.07. The molecule has 0 aliphatic carbocycles. The molecule has 0 saturated heterocycles. The van der Waals surface area contributed by atoms with Crippen LogP contribution in [-0.4, -0.2) is 26.6 Å². The number of sulfonamides is 1. The van der Waals surface area contributed by atoms with Gasteiger partial charge >= 0.3 is 0 Å². The Labute approximate surface area is 124 Å². The number of halogens is 1. The van der Waals surface area contributed by atoms with Gasteiger partial charge in [-0.25, -0.2) is 13.1 Å². The predicted molar refractivity (Wildman–Crippen MR) is 84.4 cm³/mol. The highest BCUT2D eigenvalue weighted by Gasteiger charge is 2.08. The molecule has 0 heterocycles. The summed E-state index contributed by atoms with van der Waals surface area (Å²) in [5.41, 5.74) is 0. The Morgan fingerprint density at radius 2 is 1.42 bits per heavy atom. The fourth-order valence-electron chi connectivity index (χ4n) is 1.95. The Kier molecular flexibility index (Phi) is 13.3. The summed E-state index contributed by atoms with van der Waals surface area (Å²) in [6.45, 7) is 2.80. The minimum atomic E-state index is -3.07. The Morgan fingerprint density at radius 3 is 2.00 bits per heavy atom. The first-order chi connectivity index (χ1) is 9.12. The molecule has 0 spiro atoms. The van der Waals surface area contributed by atoms with Crippen LogP contribution in [-0.2, 0) is 10.0 Å². The maximum Gasteiger partial charge on any atom is 0.211 e. The van der Waals surface area contributed by atoms with Crippen molar-refractivity contribution in [3.8, 4) is 0 Å². The molecule has 19 heavy (non-hydrogen) atoms. The van der Waals surface area contributed by atoms with Crippen molar-refractivity contribution in [1.82, 2.24) is 4.72 Å². The standard InChI is InChI=1S/C14H30ClNO2S/c1-2-3-4-5-6-7-8-10-13-16-19(17,18)14-11-9-12-15/h16H,2-14H2,1H3. The van der Waals surface area contributed by atoms with Gasteiger partial charge in [0.25, 0.3) is 0 Å². The summed E-state index contributed by atoms with van der Waals surface area (Å²) in [6.07, 6.45) is 11.3. The second kappa shape index (κ2) is 13.2. The van der Waals surface area contributed by atoms with Gasteiger partial charge in [0.2, 0.25) is 10.0 Å². The summed E-state index contributed by atoms with van der Waals surface area (Å²) < 4.78 is 25.8. The molecule has 0 aliphatic heterocycles. The molecule has 5 heteroatoms. The maximum absolute atomic E-state index is 11.6. The van der Waals surface area contributed by atoms with Gasteiger partial charge in [0.05, 0.1) is 5.75 Å². The fourth-order valence-corrected chi connectivity index (χ4v) is 3.32. The molecule has 0 unspecified atom stereocenters. The molecule has 0 aromatic rings. The van der Waals surface area contributed by atoms with Crippen LogP contribution >= 0.6 is 11.6 Å². The highest BCUT2D eigenvalue weighted by atomic mass is 35.5. The van der Waals surface area contributed by atoms with Gasteiger partial charge in [-0.2, -0.15) is 0 Å². The van der Waals surface area contributed by atoms with Crippen molar-refractivity contribution in [2.24, 2.45) is 0 Å². The number of rotatable bonds is 14. The first-order valence-electron chi connectivity index (χ1n) is 7.65. The third-order valence-corrected chi connectivity index (χ3v) is 4.89. The third-order valence-electron chi connectivity index (χ3n) is 3.15. The molecule has 0 radical (unpaired) electrons. The minimum absolute atomic E-state index is 0.205. The average Bonchev–Trinajstić information content (AvgIpc) is 2.37. The van der Waals surface area contributed by atoms with E-state index in [1.165, 1.54) is 38.5 Å². The monoisotopic (exact) mass is 311 g/mol. The van der Waals surface area contributed by atoms with Gasteiger partial charge < -0.3 is 0 Å². The van der Waals surface area contributed by atoms with E-state index in [1.807, 2.05) is 0 Å². The Hall–Kier alpha value is 0.200. The maximum atomic E-state index is 11.6. The van der Waals surface area contributed by atoms with Gasteiger partial charge in [0, 0.05) is 12.4 Å². The van der Waals surface area contributed by atoms with Crippen molar-refractivity contribution in [2.45, 2.75) is 71.1 Å². The lowest BCUT2D eigenvalue weighted by atomic mass is 10.1. The molecule has 1 N–H and O–H groups in total. The van der Waals surface area contributed by atoms with E-state index in [0.717, 1.165) is 19.3 Å². The lowest BCUT2D eigenvalue weighted by Crippen LogP contribution is -2.27. The lowest BCUT2D eigenvalue weighted by Gasteiger charge is -2.06. The van der Waals surface area contributed by atoms with E-state index in [-0.39, 0.29) is 5.75 Å². The van der Waals surface area contributed by atoms with Gasteiger partial charge in [0.15, 0.2) is 0 Å². The SMILES string of the molecule is CCCCCCCCCCNS(=O)(=O)CCCCCl. The first kappa shape index (κ1) is 19.2. The summed E-state index contributed by atoms with van der Waals surface area (Å²) in [5.74, 6) is 0.740. The molecule has 0 aliphatic rings. The summed E-state index contributed by atoms with van der Waals surface area (Å²) in [4.78, 5) is 0. The van der Waals surface area contributed by atoms with Gasteiger partial charge in [-0.15, -0.1) is 11.6 Å². The Balaban J connectivity index is 3.33. The highest BCUT2D eigenvalue weighted by Crippen LogP contribution is 2.08. The van der Waals surface area contributed by atoms with Crippen LogP contribution in [0.3, 0.4) is 0 Å². The largest absolute Gasteiger partial charge is 0.215 e. The molecule has 116 valence electrons. The molecule has 0 aromatic heterocycles. The van der Waals surface area contributed by atoms with E-state index in [1.54, 1.807) is 0 Å². The van der Waals surface area contributed by atoms with E-state index in [0.29, 0.717) is 18.8 Å². The number of hydrogen-bond donors (Lipinski definition) is 1. The van der Waals surface area contributed by atoms with Crippen LogP contribution in [0.25, 0.3) is 0 Å². The van der Waals surface area contributed by atoms with Crippen molar-refractivity contribution in [3.05, 3.63) is 0 Å². The molecule has 0 bridgehead atoms. The van der Waals surface area contributed by atoms with E-state index in [2.05, 4.69) is 11.6 Å². The molecule has 3 nitrogen and oxygen atoms in total. The second-order valence-electron chi connectivity index (χ2n) is 5.08. The molecule has 0 amide bonds. The van der Waals surface area contributed by atoms with Crippen LogP contribution in [0.1, 0.15) is 71.1 Å². The highest BCUT2D eigenvalue weighted by molar-refractivity contribution is 7.89. The molecule has 0 fully saturated rings. The fraction of sp³-hybridized carbons (Fsp3) is 1.00. The molecule has 0 atom stereocenters. The zero-order chi connectivity index (χ0) is 14.4. The Morgan fingerprint density at radius 1 is 0.842 bits per heavy atom. The third kappa shape index (κ3) is 14.4. The predicted octanol–water partition coefficient (Wildman–Crippen LogP) is 4.07. The number of unbranched alkanes of at least 4 members (excludes halogenated alkanes) is 8. The van der Waals surface area contributed by atoms with Crippen LogP contribution < -0.4 is 4.72 Å². The summed E-state index contributed by atoms with van der Waals surface area (Å²) >= 11 is 5.52. The van der Waals surface area contributed by atoms with Crippen LogP contribution in [0.2, 0.25) is 0 Å². The topological polar surface area (TPSA) is 46.2 Å². The molecule has 0 aromatic carbocycles. The van der Waals surface area contributed by atoms with Crippen LogP contribution in [0.5, 0.6) is 0 Å². The van der Waals surface area contributed by atoms with E-state index in [9.17, 15) is 8.42 Å². The number of alkyl halides is 1. The summed E-state index contributed by atoms with van der Waals surface area (Å²) in [5, 5.41) is 0. The second-order valence-corrected chi connectivity index (χ2v) is 7.39. The minimum Gasteiger partial charge on any atom is -0.215 e. The molecule has 0 saturated carbocycles. The molecular weight excluding hydrogens is 282 g/mol. The van der Waals surface area contributed by atoms with Crippen molar-refractivity contribution < 1.29 is 8.42 Å². The van der Waals surface area contributed by atoms with Crippen molar-refractivity contribution in [2.75, 3.05) is 18.2 Å². The van der Waals surface area contributed by atoms with Gasteiger partial charge in [-0.05, 0) is 19.3 Å². The first-order valence-corrected chi connectivity index (χ1v) is 9.84. The quantitative estimate of drug-likeness (QED) is 0.388. The van der Waals surface area contributed by atoms with Gasteiger partial charge in [-0.1, -0.05) is 51.9 Å². The smallest absolute Gasteiger partial charge is 0.211 e. The summed E-state index contributed by atoms with van der Waals surface area (Å²) in [6, 6.07) is 0. The number of hydrogen-bond acceptors (Lipinski definition) is 2. The normalized spacial score (nSPS) is 11.9. The van der Waals surface area contributed by atoms with Crippen molar-refractivity contribution in [1.29, 1.82) is 0 Å². The average molecular weight is 312 g/mol. The zero-order valence-corrected chi connectivity index (χ0v) is 13.9. The molecule has 0 rings (SSSR count). The lowest BCUT2D eigenvalue weighted by molar-refractivity contribution is 0.557. The van der Waals surface area contributed by atoms with Crippen LogP contribution in [0.15, 0.2) is 0 Å². The van der Waals surface area contributed by atoms with Crippen molar-refractivity contribution in [3.63, 3.8) is 0 Å². The van der Waals surface area contributed by atoms with E-state index < -0.39 is 10.0 Å². The molecular formula is C14H30ClNO2S. The van der Waals surface area contributed by atoms with E-state index >= 15 is 0 Å². The van der Waals surface area contributed by atoms with E-state index in [4.69, 9.17) is 11.6 Å². The van der Waals surface area contributed by atoms with Crippen molar-refractivity contribution >= 4 is 21.6 Å². The Bertz CT molecular complexity index is 281. The number of nitrogens with one attached hydrogen (secondary N) is 1. The van der Waals surface area contributed by atoms with Crippen LogP contribution in [0.4, 0.5) is 0 Å². The van der Waals surface area contributed by atoms with Gasteiger partial charge in [0.1, 0.15) is 0 Å². The zero-order valence-electron chi connectivity index (χ0n) is 12.3. The van der Waals surface area contributed by atoms with Gasteiger partial charge in [-0.3, -0.25) is 0 Å².